The van der Waals surface area contributed by atoms with Gasteiger partial charge in [0.05, 0.1) is 5.25 Å². The average Bonchev–Trinajstić information content (AvgIpc) is 2.56. The highest BCUT2D eigenvalue weighted by atomic mass is 32.2. The van der Waals surface area contributed by atoms with Gasteiger partial charge in [0, 0.05) is 37.6 Å². The summed E-state index contributed by atoms with van der Waals surface area (Å²) in [7, 11) is 0. The maximum absolute atomic E-state index is 12.5. The van der Waals surface area contributed by atoms with E-state index in [0.717, 1.165) is 44.0 Å². The number of piperazine rings is 1. The van der Waals surface area contributed by atoms with Crippen molar-refractivity contribution in [2.75, 3.05) is 42.6 Å². The lowest BCUT2D eigenvalue weighted by atomic mass is 10.1. The molecular formula is C16H23N3OS. The van der Waals surface area contributed by atoms with Crippen LogP contribution in [-0.4, -0.2) is 48.0 Å². The molecule has 2 heterocycles. The largest absolute Gasteiger partial charge is 0.399 e. The molecule has 0 bridgehead atoms. The van der Waals surface area contributed by atoms with Crippen LogP contribution in [0.1, 0.15) is 19.3 Å². The Bertz CT molecular complexity index is 477. The van der Waals surface area contributed by atoms with Gasteiger partial charge in [0.2, 0.25) is 5.91 Å². The van der Waals surface area contributed by atoms with Crippen LogP contribution < -0.4 is 10.6 Å². The molecule has 0 radical (unpaired) electrons. The van der Waals surface area contributed by atoms with Crippen LogP contribution >= 0.6 is 11.8 Å². The van der Waals surface area contributed by atoms with Crippen LogP contribution in [0.3, 0.4) is 0 Å². The average molecular weight is 305 g/mol. The zero-order valence-electron chi connectivity index (χ0n) is 12.3. The van der Waals surface area contributed by atoms with E-state index in [2.05, 4.69) is 21.9 Å². The topological polar surface area (TPSA) is 49.6 Å². The van der Waals surface area contributed by atoms with Gasteiger partial charge in [-0.25, -0.2) is 0 Å². The van der Waals surface area contributed by atoms with E-state index in [0.29, 0.717) is 5.91 Å². The molecule has 0 saturated carbocycles. The first kappa shape index (κ1) is 14.6. The first-order valence-electron chi connectivity index (χ1n) is 7.75. The summed E-state index contributed by atoms with van der Waals surface area (Å²) in [6, 6.07) is 7.99. The van der Waals surface area contributed by atoms with Gasteiger partial charge in [0.25, 0.3) is 0 Å². The Morgan fingerprint density at radius 1 is 1.10 bits per heavy atom. The number of nitrogens with two attached hydrogens (primary N) is 1. The minimum absolute atomic E-state index is 0.210. The van der Waals surface area contributed by atoms with Crippen molar-refractivity contribution in [2.24, 2.45) is 0 Å². The molecule has 5 heteroatoms. The van der Waals surface area contributed by atoms with Crippen LogP contribution in [0.15, 0.2) is 24.3 Å². The fourth-order valence-corrected chi connectivity index (χ4v) is 4.29. The summed E-state index contributed by atoms with van der Waals surface area (Å²) in [5.41, 5.74) is 7.72. The summed E-state index contributed by atoms with van der Waals surface area (Å²) >= 11 is 1.85. The predicted octanol–water partition coefficient (Wildman–Crippen LogP) is 2.20. The van der Waals surface area contributed by atoms with Crippen LogP contribution in [-0.2, 0) is 4.79 Å². The third kappa shape index (κ3) is 3.46. The SMILES string of the molecule is Nc1ccc(N2CCN(C(=O)C3CCCCS3)CC2)cc1. The molecule has 21 heavy (non-hydrogen) atoms. The minimum Gasteiger partial charge on any atom is -0.399 e. The number of hydrogen-bond donors (Lipinski definition) is 1. The van der Waals surface area contributed by atoms with Gasteiger partial charge in [0.15, 0.2) is 0 Å². The van der Waals surface area contributed by atoms with E-state index >= 15 is 0 Å². The Kier molecular flexibility index (Phi) is 4.58. The van der Waals surface area contributed by atoms with Crippen LogP contribution in [0.2, 0.25) is 0 Å². The summed E-state index contributed by atoms with van der Waals surface area (Å²) in [6.45, 7) is 3.49. The lowest BCUT2D eigenvalue weighted by Gasteiger charge is -2.38. The molecule has 0 spiro atoms. The summed E-state index contributed by atoms with van der Waals surface area (Å²) < 4.78 is 0. The molecule has 1 unspecified atom stereocenters. The van der Waals surface area contributed by atoms with Gasteiger partial charge in [0.1, 0.15) is 0 Å². The van der Waals surface area contributed by atoms with E-state index in [1.165, 1.54) is 18.5 Å². The second kappa shape index (κ2) is 6.60. The fourth-order valence-electron chi connectivity index (χ4n) is 3.01. The van der Waals surface area contributed by atoms with Crippen LogP contribution in [0, 0.1) is 0 Å². The molecule has 1 amide bonds. The molecule has 2 fully saturated rings. The number of carbonyl (C=O) groups is 1. The van der Waals surface area contributed by atoms with E-state index < -0.39 is 0 Å². The van der Waals surface area contributed by atoms with E-state index in [1.54, 1.807) is 0 Å². The van der Waals surface area contributed by atoms with Gasteiger partial charge in [-0.1, -0.05) is 6.42 Å². The quantitative estimate of drug-likeness (QED) is 0.851. The number of nitrogen functional groups attached to an aromatic ring is 1. The highest BCUT2D eigenvalue weighted by molar-refractivity contribution is 8.00. The van der Waals surface area contributed by atoms with E-state index in [9.17, 15) is 4.79 Å². The molecule has 1 atom stereocenters. The highest BCUT2D eigenvalue weighted by Crippen LogP contribution is 2.27. The molecule has 2 aliphatic heterocycles. The lowest BCUT2D eigenvalue weighted by molar-refractivity contribution is -0.131. The molecule has 114 valence electrons. The molecule has 3 rings (SSSR count). The second-order valence-corrected chi connectivity index (χ2v) is 7.07. The van der Waals surface area contributed by atoms with Crippen LogP contribution in [0.5, 0.6) is 0 Å². The molecule has 2 saturated heterocycles. The molecule has 4 nitrogen and oxygen atoms in total. The summed E-state index contributed by atoms with van der Waals surface area (Å²) in [4.78, 5) is 16.9. The fraction of sp³-hybridized carbons (Fsp3) is 0.562. The first-order chi connectivity index (χ1) is 10.2. The number of hydrogen-bond acceptors (Lipinski definition) is 4. The molecule has 0 aromatic heterocycles. The van der Waals surface area contributed by atoms with Gasteiger partial charge < -0.3 is 15.5 Å². The second-order valence-electron chi connectivity index (χ2n) is 5.76. The molecule has 0 aliphatic carbocycles. The summed E-state index contributed by atoms with van der Waals surface area (Å²) in [6.07, 6.45) is 3.52. The van der Waals surface area contributed by atoms with Crippen LogP contribution in [0.25, 0.3) is 0 Å². The number of carbonyl (C=O) groups excluding carboxylic acids is 1. The van der Waals surface area contributed by atoms with Gasteiger partial charge in [-0.05, 0) is 42.9 Å². The van der Waals surface area contributed by atoms with Crippen molar-refractivity contribution >= 4 is 29.0 Å². The number of anilines is 2. The molecule has 1 aromatic rings. The molecular weight excluding hydrogens is 282 g/mol. The van der Waals surface area contributed by atoms with Crippen molar-refractivity contribution in [3.63, 3.8) is 0 Å². The number of benzene rings is 1. The van der Waals surface area contributed by atoms with Gasteiger partial charge in [-0.3, -0.25) is 4.79 Å². The maximum Gasteiger partial charge on any atom is 0.235 e. The van der Waals surface area contributed by atoms with Crippen molar-refractivity contribution < 1.29 is 4.79 Å². The molecule has 2 aliphatic rings. The molecule has 2 N–H and O–H groups in total. The lowest BCUT2D eigenvalue weighted by Crippen LogP contribution is -2.51. The van der Waals surface area contributed by atoms with Crippen LogP contribution in [0.4, 0.5) is 11.4 Å². The number of amides is 1. The first-order valence-corrected chi connectivity index (χ1v) is 8.80. The Labute approximate surface area is 130 Å². The Morgan fingerprint density at radius 3 is 2.43 bits per heavy atom. The zero-order chi connectivity index (χ0) is 14.7. The van der Waals surface area contributed by atoms with Gasteiger partial charge >= 0.3 is 0 Å². The Morgan fingerprint density at radius 2 is 1.81 bits per heavy atom. The minimum atomic E-state index is 0.210. The van der Waals surface area contributed by atoms with E-state index in [-0.39, 0.29) is 5.25 Å². The third-order valence-corrected chi connectivity index (χ3v) is 5.67. The van der Waals surface area contributed by atoms with Crippen molar-refractivity contribution in [1.29, 1.82) is 0 Å². The van der Waals surface area contributed by atoms with Crippen molar-refractivity contribution in [3.05, 3.63) is 24.3 Å². The number of rotatable bonds is 2. The third-order valence-electron chi connectivity index (χ3n) is 4.30. The monoisotopic (exact) mass is 305 g/mol. The summed E-state index contributed by atoms with van der Waals surface area (Å²) in [5, 5.41) is 0.210. The maximum atomic E-state index is 12.5. The number of thioether (sulfide) groups is 1. The zero-order valence-corrected chi connectivity index (χ0v) is 13.1. The standard InChI is InChI=1S/C16H23N3OS/c17-13-4-6-14(7-5-13)18-8-10-19(11-9-18)16(20)15-3-1-2-12-21-15/h4-7,15H,1-3,8-12,17H2. The highest BCUT2D eigenvalue weighted by Gasteiger charge is 2.28. The summed E-state index contributed by atoms with van der Waals surface area (Å²) in [5.74, 6) is 1.50. The Balaban J connectivity index is 1.54. The van der Waals surface area contributed by atoms with Crippen molar-refractivity contribution in [3.8, 4) is 0 Å². The normalized spacial score (nSPS) is 23.1. The predicted molar refractivity (Wildman–Crippen MR) is 89.7 cm³/mol. The Hall–Kier alpha value is -1.36. The van der Waals surface area contributed by atoms with Crippen molar-refractivity contribution in [2.45, 2.75) is 24.5 Å². The number of nitrogens with zero attached hydrogens (tertiary/aromatic N) is 2. The van der Waals surface area contributed by atoms with Gasteiger partial charge in [-0.2, -0.15) is 0 Å². The molecule has 1 aromatic carbocycles. The van der Waals surface area contributed by atoms with Gasteiger partial charge in [-0.15, -0.1) is 11.8 Å². The smallest absolute Gasteiger partial charge is 0.235 e. The van der Waals surface area contributed by atoms with E-state index in [4.69, 9.17) is 5.73 Å². The van der Waals surface area contributed by atoms with E-state index in [1.807, 2.05) is 23.9 Å². The van der Waals surface area contributed by atoms with Crippen molar-refractivity contribution in [1.82, 2.24) is 4.90 Å².